The van der Waals surface area contributed by atoms with E-state index in [0.717, 1.165) is 35.1 Å². The highest BCUT2D eigenvalue weighted by Crippen LogP contribution is 2.27. The van der Waals surface area contributed by atoms with Crippen LogP contribution >= 0.6 is 0 Å². The molecule has 5 heteroatoms. The van der Waals surface area contributed by atoms with Crippen LogP contribution in [0.15, 0.2) is 70.8 Å². The van der Waals surface area contributed by atoms with Gasteiger partial charge >= 0.3 is 0 Å². The van der Waals surface area contributed by atoms with Gasteiger partial charge in [-0.15, -0.1) is 0 Å². The summed E-state index contributed by atoms with van der Waals surface area (Å²) in [7, 11) is 0. The molecule has 0 amide bonds. The molecule has 1 atom stereocenters. The van der Waals surface area contributed by atoms with Crippen LogP contribution in [-0.4, -0.2) is 29.1 Å². The molecule has 0 aromatic heterocycles. The largest absolute Gasteiger partial charge is 0.298 e. The molecule has 0 aliphatic carbocycles. The Morgan fingerprint density at radius 2 is 1.84 bits per heavy atom. The number of allylic oxidation sites excluding steroid dienone is 1. The minimum Gasteiger partial charge on any atom is -0.298 e. The Bertz CT molecular complexity index is 882. The minimum absolute atomic E-state index is 0.0452. The second kappa shape index (κ2) is 6.45. The fourth-order valence-electron chi connectivity index (χ4n) is 2.93. The number of aliphatic imine (C=N–C) groups is 2. The molecule has 1 N–H and O–H groups in total. The van der Waals surface area contributed by atoms with Crippen LogP contribution in [0.4, 0.5) is 0 Å². The van der Waals surface area contributed by atoms with Crippen molar-refractivity contribution in [1.82, 2.24) is 10.4 Å². The molecule has 0 saturated heterocycles. The quantitative estimate of drug-likeness (QED) is 0.876. The van der Waals surface area contributed by atoms with Crippen molar-refractivity contribution in [3.05, 3.63) is 77.5 Å². The normalized spacial score (nSPS) is 19.0. The van der Waals surface area contributed by atoms with Gasteiger partial charge in [0, 0.05) is 22.9 Å². The van der Waals surface area contributed by atoms with Crippen molar-refractivity contribution in [2.24, 2.45) is 9.98 Å². The lowest BCUT2D eigenvalue weighted by Crippen LogP contribution is -2.38. The summed E-state index contributed by atoms with van der Waals surface area (Å²) in [6.07, 6.45) is 3.83. The summed E-state index contributed by atoms with van der Waals surface area (Å²) in [6.45, 7) is 2.09. The number of hydrogen-bond donors (Lipinski definition) is 1. The lowest BCUT2D eigenvalue weighted by Gasteiger charge is -2.23. The van der Waals surface area contributed by atoms with Gasteiger partial charge in [0.05, 0.1) is 5.71 Å². The predicted octanol–water partition coefficient (Wildman–Crippen LogP) is 3.26. The minimum atomic E-state index is 0.0452. The van der Waals surface area contributed by atoms with Gasteiger partial charge in [0.25, 0.3) is 0 Å². The predicted molar refractivity (Wildman–Crippen MR) is 99.3 cm³/mol. The maximum Gasteiger partial charge on any atom is 0.241 e. The zero-order valence-corrected chi connectivity index (χ0v) is 13.9. The van der Waals surface area contributed by atoms with Gasteiger partial charge in [-0.25, -0.2) is 20.4 Å². The molecule has 2 aliphatic heterocycles. The number of hydrogen-bond acceptors (Lipinski definition) is 5. The first-order chi connectivity index (χ1) is 12.3. The van der Waals surface area contributed by atoms with E-state index in [1.807, 2.05) is 53.7 Å². The first kappa shape index (κ1) is 15.5. The van der Waals surface area contributed by atoms with Crippen molar-refractivity contribution in [2.45, 2.75) is 19.5 Å². The zero-order chi connectivity index (χ0) is 17.2. The standard InChI is InChI=1S/C20H18N4O/c1-2-18-21-20-22-19(16-10-8-14(13-25)9-11-16)17(12-24(20)23-18)15-6-4-3-5-7-15/h3-13,18,23H,2H2,1H3. The van der Waals surface area contributed by atoms with E-state index >= 15 is 0 Å². The summed E-state index contributed by atoms with van der Waals surface area (Å²) in [5.74, 6) is 0.668. The molecule has 2 heterocycles. The first-order valence-electron chi connectivity index (χ1n) is 8.33. The molecule has 0 fully saturated rings. The van der Waals surface area contributed by atoms with Crippen LogP contribution in [0, 0.1) is 0 Å². The van der Waals surface area contributed by atoms with Crippen molar-refractivity contribution in [1.29, 1.82) is 0 Å². The SMILES string of the molecule is CCC1N=C2N=C(c3ccc(C=O)cc3)C(c3ccccc3)=CN2N1. The monoisotopic (exact) mass is 330 g/mol. The fraction of sp³-hybridized carbons (Fsp3) is 0.150. The summed E-state index contributed by atoms with van der Waals surface area (Å²) in [5, 5.41) is 1.89. The van der Waals surface area contributed by atoms with Gasteiger partial charge in [-0.05, 0) is 12.0 Å². The van der Waals surface area contributed by atoms with E-state index in [-0.39, 0.29) is 6.17 Å². The van der Waals surface area contributed by atoms with E-state index in [4.69, 9.17) is 4.99 Å². The first-order valence-corrected chi connectivity index (χ1v) is 8.33. The average Bonchev–Trinajstić information content (AvgIpc) is 3.10. The van der Waals surface area contributed by atoms with E-state index < -0.39 is 0 Å². The Hall–Kier alpha value is -3.05. The van der Waals surface area contributed by atoms with Crippen LogP contribution in [0.3, 0.4) is 0 Å². The molecule has 0 bridgehead atoms. The number of carbonyl (C=O) groups excluding carboxylic acids is 1. The maximum absolute atomic E-state index is 10.9. The van der Waals surface area contributed by atoms with Crippen LogP contribution in [0.1, 0.15) is 34.8 Å². The number of fused-ring (bicyclic) bond motifs is 1. The second-order valence-electron chi connectivity index (χ2n) is 5.96. The highest BCUT2D eigenvalue weighted by molar-refractivity contribution is 6.35. The second-order valence-corrected chi connectivity index (χ2v) is 5.96. The van der Waals surface area contributed by atoms with Crippen molar-refractivity contribution >= 4 is 23.5 Å². The summed E-state index contributed by atoms with van der Waals surface area (Å²) < 4.78 is 0. The third kappa shape index (κ3) is 2.90. The Morgan fingerprint density at radius 1 is 1.08 bits per heavy atom. The third-order valence-electron chi connectivity index (χ3n) is 4.29. The van der Waals surface area contributed by atoms with Crippen molar-refractivity contribution < 1.29 is 4.79 Å². The highest BCUT2D eigenvalue weighted by Gasteiger charge is 2.28. The molecule has 5 nitrogen and oxygen atoms in total. The molecule has 2 aromatic rings. The lowest BCUT2D eigenvalue weighted by molar-refractivity contribution is 0.112. The Balaban J connectivity index is 1.81. The summed E-state index contributed by atoms with van der Waals surface area (Å²) in [6, 6.07) is 17.6. The van der Waals surface area contributed by atoms with E-state index in [9.17, 15) is 4.79 Å². The number of nitrogens with one attached hydrogen (secondary N) is 1. The smallest absolute Gasteiger partial charge is 0.241 e. The van der Waals surface area contributed by atoms with E-state index in [1.54, 1.807) is 0 Å². The van der Waals surface area contributed by atoms with Gasteiger partial charge in [0.15, 0.2) is 0 Å². The van der Waals surface area contributed by atoms with Crippen LogP contribution in [0.5, 0.6) is 0 Å². The number of nitrogens with zero attached hydrogens (tertiary/aromatic N) is 3. The van der Waals surface area contributed by atoms with Crippen molar-refractivity contribution in [3.8, 4) is 0 Å². The Kier molecular flexibility index (Phi) is 3.99. The van der Waals surface area contributed by atoms with E-state index in [0.29, 0.717) is 11.5 Å². The Labute approximate surface area is 146 Å². The number of carbonyl (C=O) groups is 1. The average molecular weight is 330 g/mol. The van der Waals surface area contributed by atoms with Crippen LogP contribution < -0.4 is 5.43 Å². The van der Waals surface area contributed by atoms with Crippen LogP contribution in [0.25, 0.3) is 5.57 Å². The molecule has 2 aliphatic rings. The number of aldehydes is 1. The molecule has 0 radical (unpaired) electrons. The summed E-state index contributed by atoms with van der Waals surface area (Å²) in [5.41, 5.74) is 7.90. The maximum atomic E-state index is 10.9. The van der Waals surface area contributed by atoms with Crippen molar-refractivity contribution in [3.63, 3.8) is 0 Å². The van der Waals surface area contributed by atoms with E-state index in [1.165, 1.54) is 0 Å². The van der Waals surface area contributed by atoms with Gasteiger partial charge in [0.1, 0.15) is 12.5 Å². The van der Waals surface area contributed by atoms with Gasteiger partial charge in [-0.1, -0.05) is 61.5 Å². The molecular formula is C20H18N4O. The molecule has 124 valence electrons. The molecule has 4 rings (SSSR count). The molecule has 25 heavy (non-hydrogen) atoms. The molecule has 1 unspecified atom stereocenters. The third-order valence-corrected chi connectivity index (χ3v) is 4.29. The number of rotatable bonds is 4. The fourth-order valence-corrected chi connectivity index (χ4v) is 2.93. The molecular weight excluding hydrogens is 312 g/mol. The summed E-state index contributed by atoms with van der Waals surface area (Å²) in [4.78, 5) is 20.3. The zero-order valence-electron chi connectivity index (χ0n) is 13.9. The number of guanidine groups is 1. The number of hydrazine groups is 1. The molecule has 2 aromatic carbocycles. The topological polar surface area (TPSA) is 57.1 Å². The lowest BCUT2D eigenvalue weighted by atomic mass is 9.95. The molecule has 0 saturated carbocycles. The van der Waals surface area contributed by atoms with Crippen molar-refractivity contribution in [2.75, 3.05) is 0 Å². The number of benzene rings is 2. The van der Waals surface area contributed by atoms with Gasteiger partial charge in [-0.3, -0.25) is 4.79 Å². The van der Waals surface area contributed by atoms with Gasteiger partial charge in [0.2, 0.25) is 5.96 Å². The Morgan fingerprint density at radius 3 is 2.52 bits per heavy atom. The summed E-state index contributed by atoms with van der Waals surface area (Å²) >= 11 is 0. The molecule has 0 spiro atoms. The van der Waals surface area contributed by atoms with Gasteiger partial charge in [-0.2, -0.15) is 0 Å². The van der Waals surface area contributed by atoms with Crippen LogP contribution in [0.2, 0.25) is 0 Å². The van der Waals surface area contributed by atoms with E-state index in [2.05, 4.69) is 29.5 Å². The van der Waals surface area contributed by atoms with Gasteiger partial charge < -0.3 is 0 Å². The van der Waals surface area contributed by atoms with Crippen LogP contribution in [-0.2, 0) is 0 Å². The highest BCUT2D eigenvalue weighted by atomic mass is 16.1.